The van der Waals surface area contributed by atoms with Crippen LogP contribution in [0.1, 0.15) is 26.3 Å². The van der Waals surface area contributed by atoms with Gasteiger partial charge in [0.15, 0.2) is 0 Å². The first-order valence-electron chi connectivity index (χ1n) is 8.08. The van der Waals surface area contributed by atoms with Gasteiger partial charge in [-0.05, 0) is 51.0 Å². The van der Waals surface area contributed by atoms with E-state index in [4.69, 9.17) is 17.4 Å². The molecule has 1 aliphatic heterocycles. The zero-order chi connectivity index (χ0) is 18.8. The molecule has 6 nitrogen and oxygen atoms in total. The molecule has 0 fully saturated rings. The Balaban J connectivity index is 2.14. The number of rotatable bonds is 5. The number of carbonyl (C=O) groups is 1. The van der Waals surface area contributed by atoms with Gasteiger partial charge in [0.25, 0.3) is 0 Å². The molecule has 0 saturated carbocycles. The standard InChI is InChI=1S/C16H23N3O3S3/c1-4-18(5-2)16(23)24-10-15(20)19-11(3)8-12-9-13(25(17,21)22)6-7-14(12)19/h6-7,9,11H,4-5,8,10H2,1-3H3,(H2,17,21,22). The SMILES string of the molecule is CCN(CC)C(=S)SCC(=O)N1c2ccc(S(N)(=O)=O)cc2CC1C. The molecule has 1 aliphatic rings. The molecule has 1 heterocycles. The summed E-state index contributed by atoms with van der Waals surface area (Å²) in [6.45, 7) is 7.63. The summed E-state index contributed by atoms with van der Waals surface area (Å²) < 4.78 is 23.7. The van der Waals surface area contributed by atoms with Gasteiger partial charge < -0.3 is 9.80 Å². The number of anilines is 1. The maximum absolute atomic E-state index is 12.7. The molecule has 1 aromatic carbocycles. The van der Waals surface area contributed by atoms with E-state index in [2.05, 4.69) is 0 Å². The molecule has 1 aromatic rings. The summed E-state index contributed by atoms with van der Waals surface area (Å²) >= 11 is 6.73. The van der Waals surface area contributed by atoms with Crippen LogP contribution in [0.4, 0.5) is 5.69 Å². The van der Waals surface area contributed by atoms with Gasteiger partial charge >= 0.3 is 0 Å². The van der Waals surface area contributed by atoms with E-state index in [1.807, 2.05) is 25.7 Å². The predicted molar refractivity (Wildman–Crippen MR) is 106 cm³/mol. The van der Waals surface area contributed by atoms with Gasteiger partial charge in [0, 0.05) is 24.8 Å². The number of nitrogens with zero attached hydrogens (tertiary/aromatic N) is 2. The molecule has 138 valence electrons. The number of thioether (sulfide) groups is 1. The van der Waals surface area contributed by atoms with Crippen molar-refractivity contribution in [3.05, 3.63) is 23.8 Å². The Labute approximate surface area is 158 Å². The van der Waals surface area contributed by atoms with Crippen molar-refractivity contribution >= 4 is 49.9 Å². The van der Waals surface area contributed by atoms with Crippen LogP contribution < -0.4 is 10.0 Å². The van der Waals surface area contributed by atoms with E-state index >= 15 is 0 Å². The first-order chi connectivity index (χ1) is 11.7. The summed E-state index contributed by atoms with van der Waals surface area (Å²) in [5.41, 5.74) is 1.57. The minimum atomic E-state index is -3.75. The van der Waals surface area contributed by atoms with Gasteiger partial charge in [-0.15, -0.1) is 0 Å². The van der Waals surface area contributed by atoms with Crippen LogP contribution in [-0.4, -0.2) is 48.4 Å². The number of hydrogen-bond donors (Lipinski definition) is 1. The number of sulfonamides is 1. The third-order valence-corrected chi connectivity index (χ3v) is 6.62. The Morgan fingerprint density at radius 1 is 1.40 bits per heavy atom. The Morgan fingerprint density at radius 3 is 2.60 bits per heavy atom. The van der Waals surface area contributed by atoms with Crippen LogP contribution in [-0.2, 0) is 21.2 Å². The van der Waals surface area contributed by atoms with Gasteiger partial charge in [-0.1, -0.05) is 24.0 Å². The summed E-state index contributed by atoms with van der Waals surface area (Å²) in [4.78, 5) is 16.5. The molecule has 1 unspecified atom stereocenters. The van der Waals surface area contributed by atoms with E-state index in [1.54, 1.807) is 17.0 Å². The van der Waals surface area contributed by atoms with E-state index in [-0.39, 0.29) is 22.6 Å². The molecule has 0 bridgehead atoms. The van der Waals surface area contributed by atoms with Crippen LogP contribution in [0, 0.1) is 0 Å². The first-order valence-corrected chi connectivity index (χ1v) is 11.0. The molecule has 9 heteroatoms. The number of hydrogen-bond acceptors (Lipinski definition) is 5. The second-order valence-electron chi connectivity index (χ2n) is 5.88. The quantitative estimate of drug-likeness (QED) is 0.760. The third kappa shape index (κ3) is 4.52. The van der Waals surface area contributed by atoms with Crippen molar-refractivity contribution < 1.29 is 13.2 Å². The van der Waals surface area contributed by atoms with E-state index in [0.717, 1.165) is 28.7 Å². The van der Waals surface area contributed by atoms with E-state index < -0.39 is 10.0 Å². The zero-order valence-electron chi connectivity index (χ0n) is 14.6. The monoisotopic (exact) mass is 401 g/mol. The van der Waals surface area contributed by atoms with Gasteiger partial charge in [-0.3, -0.25) is 4.79 Å². The molecule has 1 amide bonds. The third-order valence-electron chi connectivity index (χ3n) is 4.20. The van der Waals surface area contributed by atoms with Crippen LogP contribution in [0.25, 0.3) is 0 Å². The van der Waals surface area contributed by atoms with Crippen molar-refractivity contribution in [2.24, 2.45) is 5.14 Å². The second kappa shape index (κ2) is 8.03. The van der Waals surface area contributed by atoms with Gasteiger partial charge in [0.05, 0.1) is 10.6 Å². The lowest BCUT2D eigenvalue weighted by Crippen LogP contribution is -2.38. The summed E-state index contributed by atoms with van der Waals surface area (Å²) in [6.07, 6.45) is 0.607. The largest absolute Gasteiger partial charge is 0.358 e. The summed E-state index contributed by atoms with van der Waals surface area (Å²) in [7, 11) is -3.75. The lowest BCUT2D eigenvalue weighted by molar-refractivity contribution is -0.116. The molecule has 0 spiro atoms. The number of primary sulfonamides is 1. The number of carbonyl (C=O) groups excluding carboxylic acids is 1. The molecule has 0 saturated heterocycles. The fourth-order valence-corrected chi connectivity index (χ4v) is 4.76. The maximum Gasteiger partial charge on any atom is 0.238 e. The van der Waals surface area contributed by atoms with Crippen LogP contribution in [0.2, 0.25) is 0 Å². The topological polar surface area (TPSA) is 83.7 Å². The molecule has 2 N–H and O–H groups in total. The highest BCUT2D eigenvalue weighted by Crippen LogP contribution is 2.34. The minimum absolute atomic E-state index is 0.0270. The van der Waals surface area contributed by atoms with Crippen molar-refractivity contribution in [3.8, 4) is 0 Å². The Bertz CT molecular complexity index is 776. The fourth-order valence-electron chi connectivity index (χ4n) is 2.93. The number of nitrogens with two attached hydrogens (primary N) is 1. The highest BCUT2D eigenvalue weighted by molar-refractivity contribution is 8.23. The van der Waals surface area contributed by atoms with Crippen molar-refractivity contribution in [2.45, 2.75) is 38.1 Å². The predicted octanol–water partition coefficient (Wildman–Crippen LogP) is 1.97. The lowest BCUT2D eigenvalue weighted by Gasteiger charge is -2.24. The summed E-state index contributed by atoms with van der Waals surface area (Å²) in [5.74, 6) is 0.227. The van der Waals surface area contributed by atoms with Crippen molar-refractivity contribution in [1.82, 2.24) is 4.90 Å². The van der Waals surface area contributed by atoms with E-state index in [1.165, 1.54) is 17.8 Å². The highest BCUT2D eigenvalue weighted by atomic mass is 32.2. The molecule has 1 atom stereocenters. The molecule has 2 rings (SSSR count). The molecule has 0 aliphatic carbocycles. The molecule has 25 heavy (non-hydrogen) atoms. The van der Waals surface area contributed by atoms with Crippen LogP contribution in [0.15, 0.2) is 23.1 Å². The number of thiocarbonyl (C=S) groups is 1. The van der Waals surface area contributed by atoms with E-state index in [9.17, 15) is 13.2 Å². The average molecular weight is 402 g/mol. The van der Waals surface area contributed by atoms with Gasteiger partial charge in [-0.2, -0.15) is 0 Å². The Hall–Kier alpha value is -1.16. The molecular weight excluding hydrogens is 378 g/mol. The summed E-state index contributed by atoms with van der Waals surface area (Å²) in [5, 5.41) is 5.18. The first kappa shape index (κ1) is 20.2. The van der Waals surface area contributed by atoms with Crippen LogP contribution >= 0.6 is 24.0 Å². The summed E-state index contributed by atoms with van der Waals surface area (Å²) in [6, 6.07) is 4.63. The highest BCUT2D eigenvalue weighted by Gasteiger charge is 2.31. The van der Waals surface area contributed by atoms with Crippen molar-refractivity contribution in [1.29, 1.82) is 0 Å². The van der Waals surface area contributed by atoms with Gasteiger partial charge in [0.2, 0.25) is 15.9 Å². The van der Waals surface area contributed by atoms with Gasteiger partial charge in [0.1, 0.15) is 4.32 Å². The average Bonchev–Trinajstić information content (AvgIpc) is 2.87. The molecular formula is C16H23N3O3S3. The maximum atomic E-state index is 12.7. The number of amides is 1. The van der Waals surface area contributed by atoms with Crippen molar-refractivity contribution in [3.63, 3.8) is 0 Å². The lowest BCUT2D eigenvalue weighted by atomic mass is 10.1. The second-order valence-corrected chi connectivity index (χ2v) is 9.05. The Morgan fingerprint density at radius 2 is 2.04 bits per heavy atom. The van der Waals surface area contributed by atoms with Gasteiger partial charge in [-0.25, -0.2) is 13.6 Å². The molecule has 0 radical (unpaired) electrons. The number of fused-ring (bicyclic) bond motifs is 1. The van der Waals surface area contributed by atoms with Crippen LogP contribution in [0.3, 0.4) is 0 Å². The van der Waals surface area contributed by atoms with E-state index in [0.29, 0.717) is 6.42 Å². The van der Waals surface area contributed by atoms with Crippen molar-refractivity contribution in [2.75, 3.05) is 23.7 Å². The smallest absolute Gasteiger partial charge is 0.238 e. The molecule has 0 aromatic heterocycles. The Kier molecular flexibility index (Phi) is 6.47. The zero-order valence-corrected chi connectivity index (χ0v) is 17.0. The number of benzene rings is 1. The minimum Gasteiger partial charge on any atom is -0.358 e. The fraction of sp³-hybridized carbons (Fsp3) is 0.500. The normalized spacial score (nSPS) is 16.6. The van der Waals surface area contributed by atoms with Crippen LogP contribution in [0.5, 0.6) is 0 Å².